The SMILES string of the molecule is C[C@@H]1[C@@H](C)CCC[C@H]1NC(=O)CSc1ncnc2sc3c(c12)CCC3. The predicted molar refractivity (Wildman–Crippen MR) is 104 cm³/mol. The van der Waals surface area contributed by atoms with Gasteiger partial charge in [0.05, 0.1) is 5.75 Å². The van der Waals surface area contributed by atoms with Crippen LogP contribution in [0.3, 0.4) is 0 Å². The number of hydrogen-bond donors (Lipinski definition) is 1. The molecule has 1 saturated carbocycles. The lowest BCUT2D eigenvalue weighted by Crippen LogP contribution is -2.44. The molecule has 1 N–H and O–H groups in total. The van der Waals surface area contributed by atoms with E-state index in [0.29, 0.717) is 23.6 Å². The molecule has 0 aromatic carbocycles. The molecule has 4 nitrogen and oxygen atoms in total. The first-order valence-corrected chi connectivity index (χ1v) is 11.1. The van der Waals surface area contributed by atoms with E-state index in [2.05, 4.69) is 29.1 Å². The molecule has 134 valence electrons. The summed E-state index contributed by atoms with van der Waals surface area (Å²) in [4.78, 5) is 23.9. The molecule has 1 fully saturated rings. The highest BCUT2D eigenvalue weighted by molar-refractivity contribution is 8.00. The van der Waals surface area contributed by atoms with Gasteiger partial charge in [0.1, 0.15) is 16.2 Å². The molecule has 2 aliphatic carbocycles. The first-order valence-electron chi connectivity index (χ1n) is 9.31. The fourth-order valence-electron chi connectivity index (χ4n) is 4.18. The highest BCUT2D eigenvalue weighted by atomic mass is 32.2. The van der Waals surface area contributed by atoms with Gasteiger partial charge in [0.2, 0.25) is 5.91 Å². The monoisotopic (exact) mass is 375 g/mol. The van der Waals surface area contributed by atoms with Gasteiger partial charge >= 0.3 is 0 Å². The molecular formula is C19H25N3OS2. The Balaban J connectivity index is 1.43. The van der Waals surface area contributed by atoms with Crippen LogP contribution in [-0.4, -0.2) is 27.7 Å². The Morgan fingerprint density at radius 2 is 2.16 bits per heavy atom. The van der Waals surface area contributed by atoms with Gasteiger partial charge in [-0.3, -0.25) is 4.79 Å². The van der Waals surface area contributed by atoms with Crippen molar-refractivity contribution in [2.75, 3.05) is 5.75 Å². The van der Waals surface area contributed by atoms with Gasteiger partial charge in [-0.05, 0) is 43.1 Å². The van der Waals surface area contributed by atoms with E-state index >= 15 is 0 Å². The Morgan fingerprint density at radius 3 is 3.04 bits per heavy atom. The summed E-state index contributed by atoms with van der Waals surface area (Å²) >= 11 is 3.36. The second kappa shape index (κ2) is 7.23. The van der Waals surface area contributed by atoms with Gasteiger partial charge in [0.25, 0.3) is 0 Å². The Labute approximate surface area is 157 Å². The van der Waals surface area contributed by atoms with Crippen LogP contribution in [0.4, 0.5) is 0 Å². The van der Waals surface area contributed by atoms with E-state index in [1.165, 1.54) is 41.5 Å². The average molecular weight is 376 g/mol. The average Bonchev–Trinajstić information content (AvgIpc) is 3.18. The Bertz CT molecular complexity index is 788. The number of carbonyl (C=O) groups is 1. The third-order valence-corrected chi connectivity index (χ3v) is 8.05. The minimum atomic E-state index is 0.134. The van der Waals surface area contributed by atoms with Crippen molar-refractivity contribution in [3.63, 3.8) is 0 Å². The van der Waals surface area contributed by atoms with E-state index in [0.717, 1.165) is 22.7 Å². The van der Waals surface area contributed by atoms with Crippen molar-refractivity contribution in [3.8, 4) is 0 Å². The van der Waals surface area contributed by atoms with Crippen LogP contribution in [0.1, 0.15) is 50.0 Å². The first-order chi connectivity index (χ1) is 12.1. The predicted octanol–water partition coefficient (Wildman–Crippen LogP) is 4.21. The van der Waals surface area contributed by atoms with Gasteiger partial charge in [-0.15, -0.1) is 11.3 Å². The van der Waals surface area contributed by atoms with Gasteiger partial charge in [-0.1, -0.05) is 38.5 Å². The number of rotatable bonds is 4. The minimum Gasteiger partial charge on any atom is -0.352 e. The normalized spacial score (nSPS) is 25.9. The number of thiophene rings is 1. The summed E-state index contributed by atoms with van der Waals surface area (Å²) in [6.45, 7) is 4.57. The highest BCUT2D eigenvalue weighted by Gasteiger charge is 2.28. The lowest BCUT2D eigenvalue weighted by Gasteiger charge is -2.34. The summed E-state index contributed by atoms with van der Waals surface area (Å²) in [5.74, 6) is 1.83. The zero-order chi connectivity index (χ0) is 17.4. The summed E-state index contributed by atoms with van der Waals surface area (Å²) in [6, 6.07) is 0.327. The third-order valence-electron chi connectivity index (χ3n) is 5.86. The maximum absolute atomic E-state index is 12.5. The maximum Gasteiger partial charge on any atom is 0.230 e. The van der Waals surface area contributed by atoms with Crippen LogP contribution in [-0.2, 0) is 17.6 Å². The number of aromatic nitrogens is 2. The van der Waals surface area contributed by atoms with Crippen LogP contribution in [0.25, 0.3) is 10.2 Å². The molecule has 3 atom stereocenters. The van der Waals surface area contributed by atoms with Crippen LogP contribution in [0.15, 0.2) is 11.4 Å². The highest BCUT2D eigenvalue weighted by Crippen LogP contribution is 2.40. The zero-order valence-electron chi connectivity index (χ0n) is 14.9. The molecule has 2 aromatic heterocycles. The van der Waals surface area contributed by atoms with E-state index in [1.807, 2.05) is 0 Å². The Morgan fingerprint density at radius 1 is 1.28 bits per heavy atom. The number of nitrogens with one attached hydrogen (secondary N) is 1. The molecule has 6 heteroatoms. The van der Waals surface area contributed by atoms with Crippen molar-refractivity contribution in [3.05, 3.63) is 16.8 Å². The number of fused-ring (bicyclic) bond motifs is 3. The second-order valence-corrected chi connectivity index (χ2v) is 9.49. The fraction of sp³-hybridized carbons (Fsp3) is 0.632. The molecule has 0 radical (unpaired) electrons. The molecule has 4 rings (SSSR count). The number of carbonyl (C=O) groups excluding carboxylic acids is 1. The zero-order valence-corrected chi connectivity index (χ0v) is 16.5. The second-order valence-electron chi connectivity index (χ2n) is 7.45. The first kappa shape index (κ1) is 17.3. The van der Waals surface area contributed by atoms with Crippen LogP contribution in [0, 0.1) is 11.8 Å². The van der Waals surface area contributed by atoms with E-state index in [1.54, 1.807) is 29.4 Å². The van der Waals surface area contributed by atoms with Gasteiger partial charge in [-0.25, -0.2) is 9.97 Å². The molecule has 0 spiro atoms. The van der Waals surface area contributed by atoms with Crippen LogP contribution < -0.4 is 5.32 Å². The van der Waals surface area contributed by atoms with Crippen molar-refractivity contribution >= 4 is 39.2 Å². The van der Waals surface area contributed by atoms with E-state index in [-0.39, 0.29) is 5.91 Å². The van der Waals surface area contributed by atoms with E-state index in [9.17, 15) is 4.79 Å². The standard InChI is InChI=1S/C19H25N3OS2/c1-11-5-3-7-14(12(11)2)22-16(23)9-24-18-17-13-6-4-8-15(13)25-19(17)21-10-20-18/h10-12,14H,3-9H2,1-2H3,(H,22,23)/t11-,12+,14+/m0/s1. The number of amides is 1. The molecular weight excluding hydrogens is 350 g/mol. The molecule has 2 aliphatic rings. The van der Waals surface area contributed by atoms with Gasteiger partial charge in [0.15, 0.2) is 0 Å². The van der Waals surface area contributed by atoms with Crippen LogP contribution >= 0.6 is 23.1 Å². The largest absolute Gasteiger partial charge is 0.352 e. The smallest absolute Gasteiger partial charge is 0.230 e. The van der Waals surface area contributed by atoms with E-state index < -0.39 is 0 Å². The number of nitrogens with zero attached hydrogens (tertiary/aromatic N) is 2. The fourth-order valence-corrected chi connectivity index (χ4v) is 6.31. The molecule has 0 unspecified atom stereocenters. The third kappa shape index (κ3) is 3.43. The van der Waals surface area contributed by atoms with Crippen molar-refractivity contribution in [2.24, 2.45) is 11.8 Å². The molecule has 0 aliphatic heterocycles. The Kier molecular flexibility index (Phi) is 5.00. The maximum atomic E-state index is 12.5. The Hall–Kier alpha value is -1.14. The molecule has 2 aromatic rings. The quantitative estimate of drug-likeness (QED) is 0.642. The lowest BCUT2D eigenvalue weighted by molar-refractivity contribution is -0.119. The van der Waals surface area contributed by atoms with Crippen molar-refractivity contribution < 1.29 is 4.79 Å². The van der Waals surface area contributed by atoms with Gasteiger partial charge in [-0.2, -0.15) is 0 Å². The van der Waals surface area contributed by atoms with Crippen LogP contribution in [0.2, 0.25) is 0 Å². The molecule has 0 bridgehead atoms. The van der Waals surface area contributed by atoms with Gasteiger partial charge in [0, 0.05) is 16.3 Å². The summed E-state index contributed by atoms with van der Waals surface area (Å²) < 4.78 is 0. The summed E-state index contributed by atoms with van der Waals surface area (Å²) in [5.41, 5.74) is 1.43. The summed E-state index contributed by atoms with van der Waals surface area (Å²) in [5, 5.41) is 5.45. The number of thioether (sulfide) groups is 1. The molecule has 2 heterocycles. The van der Waals surface area contributed by atoms with Crippen LogP contribution in [0.5, 0.6) is 0 Å². The number of aryl methyl sites for hydroxylation is 2. The molecule has 1 amide bonds. The van der Waals surface area contributed by atoms with Crippen molar-refractivity contribution in [1.82, 2.24) is 15.3 Å². The van der Waals surface area contributed by atoms with Crippen molar-refractivity contribution in [1.29, 1.82) is 0 Å². The molecule has 25 heavy (non-hydrogen) atoms. The van der Waals surface area contributed by atoms with E-state index in [4.69, 9.17) is 0 Å². The molecule has 0 saturated heterocycles. The minimum absolute atomic E-state index is 0.134. The summed E-state index contributed by atoms with van der Waals surface area (Å²) in [7, 11) is 0. The number of hydrogen-bond acceptors (Lipinski definition) is 5. The van der Waals surface area contributed by atoms with Gasteiger partial charge < -0.3 is 5.32 Å². The lowest BCUT2D eigenvalue weighted by atomic mass is 9.78. The van der Waals surface area contributed by atoms with Crippen molar-refractivity contribution in [2.45, 2.75) is 63.4 Å². The topological polar surface area (TPSA) is 54.9 Å². The summed E-state index contributed by atoms with van der Waals surface area (Å²) in [6.07, 6.45) is 8.77.